The highest BCUT2D eigenvalue weighted by Gasteiger charge is 2.21. The van der Waals surface area contributed by atoms with Crippen molar-refractivity contribution in [3.63, 3.8) is 0 Å². The Morgan fingerprint density at radius 3 is 2.52 bits per heavy atom. The first-order chi connectivity index (χ1) is 9.51. The molecule has 1 aromatic rings. The summed E-state index contributed by atoms with van der Waals surface area (Å²) in [6.45, 7) is 5.67. The van der Waals surface area contributed by atoms with Gasteiger partial charge in [0.2, 0.25) is 10.0 Å². The fourth-order valence-electron chi connectivity index (χ4n) is 1.83. The third-order valence-corrected chi connectivity index (χ3v) is 4.12. The Morgan fingerprint density at radius 2 is 2.00 bits per heavy atom. The van der Waals surface area contributed by atoms with E-state index < -0.39 is 21.1 Å². The van der Waals surface area contributed by atoms with Gasteiger partial charge >= 0.3 is 0 Å². The number of aliphatic hydroxyl groups is 1. The van der Waals surface area contributed by atoms with E-state index >= 15 is 0 Å². The predicted molar refractivity (Wildman–Crippen MR) is 78.4 cm³/mol. The molecule has 0 heterocycles. The van der Waals surface area contributed by atoms with Crippen molar-refractivity contribution < 1.29 is 18.4 Å². The van der Waals surface area contributed by atoms with Crippen LogP contribution in [-0.4, -0.2) is 31.1 Å². The lowest BCUT2D eigenvalue weighted by Crippen LogP contribution is -2.34. The zero-order valence-electron chi connectivity index (χ0n) is 12.2. The normalized spacial score (nSPS) is 13.9. The highest BCUT2D eigenvalue weighted by molar-refractivity contribution is 7.89. The predicted octanol–water partition coefficient (Wildman–Crippen LogP) is 1.67. The maximum absolute atomic E-state index is 12.0. The molecule has 0 aliphatic heterocycles. The van der Waals surface area contributed by atoms with Crippen molar-refractivity contribution in [2.45, 2.75) is 38.2 Å². The summed E-state index contributed by atoms with van der Waals surface area (Å²) in [6, 6.07) is 4.77. The molecule has 21 heavy (non-hydrogen) atoms. The molecular weight excluding hydrogens is 296 g/mol. The van der Waals surface area contributed by atoms with Gasteiger partial charge in [-0.15, -0.1) is 0 Å². The van der Waals surface area contributed by atoms with Crippen LogP contribution in [0.1, 0.15) is 27.2 Å². The minimum absolute atomic E-state index is 0.129. The summed E-state index contributed by atoms with van der Waals surface area (Å²) < 4.78 is 26.3. The number of hydrogen-bond donors (Lipinski definition) is 2. The van der Waals surface area contributed by atoms with Gasteiger partial charge in [0.05, 0.1) is 15.9 Å². The van der Waals surface area contributed by atoms with E-state index in [1.807, 2.05) is 20.8 Å². The number of benzene rings is 1. The Labute approximate surface area is 124 Å². The first kappa shape index (κ1) is 17.5. The zero-order valence-corrected chi connectivity index (χ0v) is 13.1. The second-order valence-electron chi connectivity index (χ2n) is 6.02. The molecule has 0 aliphatic rings. The van der Waals surface area contributed by atoms with Crippen LogP contribution in [-0.2, 0) is 10.0 Å². The molecule has 0 aromatic heterocycles. The van der Waals surface area contributed by atoms with E-state index in [1.54, 1.807) is 0 Å². The Bertz CT molecular complexity index is 607. The third-order valence-electron chi connectivity index (χ3n) is 2.70. The van der Waals surface area contributed by atoms with Crippen LogP contribution >= 0.6 is 0 Å². The van der Waals surface area contributed by atoms with Gasteiger partial charge in [-0.1, -0.05) is 26.8 Å². The lowest BCUT2D eigenvalue weighted by atomic mass is 9.89. The van der Waals surface area contributed by atoms with Crippen molar-refractivity contribution in [2.75, 3.05) is 6.54 Å². The number of nitrogens with zero attached hydrogens (tertiary/aromatic N) is 1. The van der Waals surface area contributed by atoms with Crippen molar-refractivity contribution in [3.05, 3.63) is 34.4 Å². The summed E-state index contributed by atoms with van der Waals surface area (Å²) in [6.07, 6.45) is -0.386. The highest BCUT2D eigenvalue weighted by atomic mass is 32.2. The van der Waals surface area contributed by atoms with Gasteiger partial charge in [-0.05, 0) is 17.9 Å². The Hall–Kier alpha value is -1.51. The van der Waals surface area contributed by atoms with Crippen LogP contribution in [0.5, 0.6) is 0 Å². The molecule has 0 amide bonds. The second kappa shape index (κ2) is 6.50. The average Bonchev–Trinajstić information content (AvgIpc) is 2.35. The van der Waals surface area contributed by atoms with Crippen LogP contribution in [0.2, 0.25) is 0 Å². The number of sulfonamides is 1. The summed E-state index contributed by atoms with van der Waals surface area (Å²) in [5.74, 6) is 0. The van der Waals surface area contributed by atoms with E-state index in [-0.39, 0.29) is 22.5 Å². The Kier molecular flexibility index (Phi) is 5.43. The Morgan fingerprint density at radius 1 is 1.38 bits per heavy atom. The minimum Gasteiger partial charge on any atom is -0.392 e. The second-order valence-corrected chi connectivity index (χ2v) is 7.79. The zero-order chi connectivity index (χ0) is 16.3. The standard InChI is InChI=1S/C13H20N2O5S/c1-13(2,3)8-11(16)9-14-21(19,20)12-6-4-5-10(7-12)15(17)18/h4-7,11,14,16H,8-9H2,1-3H3. The number of hydrogen-bond acceptors (Lipinski definition) is 5. The molecule has 7 nitrogen and oxygen atoms in total. The molecule has 1 atom stereocenters. The lowest BCUT2D eigenvalue weighted by Gasteiger charge is -2.22. The molecular formula is C13H20N2O5S. The number of nitrogens with one attached hydrogen (secondary N) is 1. The summed E-state index contributed by atoms with van der Waals surface area (Å²) in [5.41, 5.74) is -0.427. The molecule has 0 spiro atoms. The summed E-state index contributed by atoms with van der Waals surface area (Å²) in [7, 11) is -3.88. The van der Waals surface area contributed by atoms with Crippen LogP contribution in [0.3, 0.4) is 0 Å². The molecule has 0 radical (unpaired) electrons. The molecule has 1 aromatic carbocycles. The molecule has 1 unspecified atom stereocenters. The van der Waals surface area contributed by atoms with Gasteiger partial charge in [-0.25, -0.2) is 13.1 Å². The number of rotatable bonds is 6. The summed E-state index contributed by atoms with van der Waals surface area (Å²) in [5, 5.41) is 20.5. The molecule has 0 aliphatic carbocycles. The van der Waals surface area contributed by atoms with E-state index in [9.17, 15) is 23.6 Å². The maximum Gasteiger partial charge on any atom is 0.270 e. The number of non-ortho nitro benzene ring substituents is 1. The van der Waals surface area contributed by atoms with E-state index in [1.165, 1.54) is 18.2 Å². The van der Waals surface area contributed by atoms with Crippen LogP contribution in [0, 0.1) is 15.5 Å². The number of aliphatic hydroxyl groups excluding tert-OH is 1. The smallest absolute Gasteiger partial charge is 0.270 e. The highest BCUT2D eigenvalue weighted by Crippen LogP contribution is 2.21. The van der Waals surface area contributed by atoms with Gasteiger partial charge < -0.3 is 5.11 Å². The molecule has 0 saturated heterocycles. The Balaban J connectivity index is 2.78. The molecule has 118 valence electrons. The molecule has 0 bridgehead atoms. The van der Waals surface area contributed by atoms with Crippen molar-refractivity contribution in [1.29, 1.82) is 0 Å². The van der Waals surface area contributed by atoms with Crippen LogP contribution in [0.25, 0.3) is 0 Å². The largest absolute Gasteiger partial charge is 0.392 e. The van der Waals surface area contributed by atoms with E-state index in [4.69, 9.17) is 0 Å². The maximum atomic E-state index is 12.0. The van der Waals surface area contributed by atoms with Gasteiger partial charge in [-0.3, -0.25) is 10.1 Å². The molecule has 8 heteroatoms. The van der Waals surface area contributed by atoms with Crippen molar-refractivity contribution in [2.24, 2.45) is 5.41 Å². The topological polar surface area (TPSA) is 110 Å². The van der Waals surface area contributed by atoms with Gasteiger partial charge in [-0.2, -0.15) is 0 Å². The summed E-state index contributed by atoms with van der Waals surface area (Å²) >= 11 is 0. The van der Waals surface area contributed by atoms with Gasteiger partial charge in [0.1, 0.15) is 0 Å². The monoisotopic (exact) mass is 316 g/mol. The molecule has 2 N–H and O–H groups in total. The van der Waals surface area contributed by atoms with Gasteiger partial charge in [0, 0.05) is 18.7 Å². The fourth-order valence-corrected chi connectivity index (χ4v) is 2.94. The van der Waals surface area contributed by atoms with E-state index in [0.717, 1.165) is 6.07 Å². The summed E-state index contributed by atoms with van der Waals surface area (Å²) in [4.78, 5) is 9.80. The van der Waals surface area contributed by atoms with E-state index in [0.29, 0.717) is 6.42 Å². The minimum atomic E-state index is -3.88. The SMILES string of the molecule is CC(C)(C)CC(O)CNS(=O)(=O)c1cccc([N+](=O)[O-])c1. The van der Waals surface area contributed by atoms with E-state index in [2.05, 4.69) is 4.72 Å². The molecule has 1 rings (SSSR count). The third kappa shape index (κ3) is 5.78. The molecule has 0 saturated carbocycles. The van der Waals surface area contributed by atoms with Crippen LogP contribution in [0.15, 0.2) is 29.2 Å². The quantitative estimate of drug-likeness (QED) is 0.613. The van der Waals surface area contributed by atoms with Crippen LogP contribution < -0.4 is 4.72 Å². The molecule has 0 fully saturated rings. The van der Waals surface area contributed by atoms with Crippen LogP contribution in [0.4, 0.5) is 5.69 Å². The average molecular weight is 316 g/mol. The van der Waals surface area contributed by atoms with Crippen molar-refractivity contribution in [3.8, 4) is 0 Å². The lowest BCUT2D eigenvalue weighted by molar-refractivity contribution is -0.385. The van der Waals surface area contributed by atoms with Gasteiger partial charge in [0.25, 0.3) is 5.69 Å². The fraction of sp³-hybridized carbons (Fsp3) is 0.538. The van der Waals surface area contributed by atoms with Gasteiger partial charge in [0.15, 0.2) is 0 Å². The first-order valence-electron chi connectivity index (χ1n) is 6.43. The van der Waals surface area contributed by atoms with Crippen molar-refractivity contribution >= 4 is 15.7 Å². The first-order valence-corrected chi connectivity index (χ1v) is 7.92. The van der Waals surface area contributed by atoms with Crippen molar-refractivity contribution in [1.82, 2.24) is 4.72 Å². The number of nitro benzene ring substituents is 1. The number of nitro groups is 1.